The number of aryl methyl sites for hydroxylation is 1. The molecule has 12 heteroatoms. The van der Waals surface area contributed by atoms with Crippen LogP contribution in [-0.2, 0) is 22.4 Å². The van der Waals surface area contributed by atoms with Gasteiger partial charge in [0.1, 0.15) is 12.4 Å². The Kier molecular flexibility index (Phi) is 8.23. The van der Waals surface area contributed by atoms with Gasteiger partial charge in [0.25, 0.3) is 5.56 Å². The number of aromatic amines is 1. The third-order valence-electron chi connectivity index (χ3n) is 8.78. The Hall–Kier alpha value is -4.68. The molecule has 45 heavy (non-hydrogen) atoms. The zero-order chi connectivity index (χ0) is 30.8. The molecule has 0 radical (unpaired) electrons. The van der Waals surface area contributed by atoms with E-state index >= 15 is 0 Å². The molecule has 0 spiro atoms. The third-order valence-corrected chi connectivity index (χ3v) is 8.78. The fourth-order valence-corrected chi connectivity index (χ4v) is 6.59. The summed E-state index contributed by atoms with van der Waals surface area (Å²) in [7, 11) is 0. The minimum absolute atomic E-state index is 0.0286. The number of benzene rings is 2. The molecule has 1 unspecified atom stereocenters. The molecular weight excluding hydrogens is 570 g/mol. The van der Waals surface area contributed by atoms with Crippen LogP contribution >= 0.6 is 0 Å². The van der Waals surface area contributed by atoms with E-state index < -0.39 is 0 Å². The van der Waals surface area contributed by atoms with Crippen LogP contribution in [-0.4, -0.2) is 58.6 Å². The average Bonchev–Trinajstić information content (AvgIpc) is 3.86. The molecule has 7 rings (SSSR count). The van der Waals surface area contributed by atoms with E-state index in [1.54, 1.807) is 6.33 Å². The third kappa shape index (κ3) is 5.90. The summed E-state index contributed by atoms with van der Waals surface area (Å²) in [6.45, 7) is 4.62. The van der Waals surface area contributed by atoms with Gasteiger partial charge in [0, 0.05) is 29.3 Å². The van der Waals surface area contributed by atoms with Gasteiger partial charge in [0.15, 0.2) is 0 Å². The van der Waals surface area contributed by atoms with Crippen LogP contribution in [0.15, 0.2) is 71.4 Å². The van der Waals surface area contributed by atoms with Crippen LogP contribution in [0.2, 0.25) is 0 Å². The SMILES string of the molecule is CCCc1c(Cc2ccc(-c3ccccc3-c3nn[nH]n3)cc2)c(=O)n(C2CCC(OCC3C=C(C)NO3)CC2)c2ncnn12. The number of tetrazole rings is 1. The van der Waals surface area contributed by atoms with Gasteiger partial charge >= 0.3 is 0 Å². The molecule has 3 aromatic heterocycles. The minimum atomic E-state index is -0.0658. The molecule has 4 heterocycles. The highest BCUT2D eigenvalue weighted by Crippen LogP contribution is 2.32. The Bertz CT molecular complexity index is 1850. The van der Waals surface area contributed by atoms with E-state index in [4.69, 9.17) is 9.57 Å². The predicted molar refractivity (Wildman–Crippen MR) is 168 cm³/mol. The molecule has 1 aliphatic heterocycles. The van der Waals surface area contributed by atoms with Gasteiger partial charge in [-0.2, -0.15) is 15.3 Å². The second kappa shape index (κ2) is 12.7. The number of rotatable bonds is 10. The van der Waals surface area contributed by atoms with E-state index in [1.165, 1.54) is 0 Å². The van der Waals surface area contributed by atoms with Gasteiger partial charge in [-0.15, -0.1) is 10.2 Å². The van der Waals surface area contributed by atoms with Crippen molar-refractivity contribution in [3.05, 3.63) is 93.8 Å². The van der Waals surface area contributed by atoms with Crippen molar-refractivity contribution in [1.82, 2.24) is 45.3 Å². The first-order valence-electron chi connectivity index (χ1n) is 15.7. The van der Waals surface area contributed by atoms with Gasteiger partial charge in [0.2, 0.25) is 11.6 Å². The van der Waals surface area contributed by atoms with Crippen molar-refractivity contribution in [2.24, 2.45) is 0 Å². The summed E-state index contributed by atoms with van der Waals surface area (Å²) in [6.07, 6.45) is 9.26. The highest BCUT2D eigenvalue weighted by atomic mass is 16.7. The molecule has 12 nitrogen and oxygen atoms in total. The number of hydroxylamine groups is 1. The van der Waals surface area contributed by atoms with Crippen molar-refractivity contribution in [3.8, 4) is 22.5 Å². The van der Waals surface area contributed by atoms with Crippen molar-refractivity contribution < 1.29 is 9.57 Å². The first-order valence-corrected chi connectivity index (χ1v) is 15.7. The molecule has 2 N–H and O–H groups in total. The summed E-state index contributed by atoms with van der Waals surface area (Å²) >= 11 is 0. The Morgan fingerprint density at radius 3 is 2.56 bits per heavy atom. The zero-order valence-corrected chi connectivity index (χ0v) is 25.5. The molecule has 1 aliphatic carbocycles. The molecule has 5 aromatic rings. The van der Waals surface area contributed by atoms with Crippen molar-refractivity contribution in [2.45, 2.75) is 77.0 Å². The Morgan fingerprint density at radius 2 is 1.84 bits per heavy atom. The lowest BCUT2D eigenvalue weighted by Crippen LogP contribution is -2.35. The first-order chi connectivity index (χ1) is 22.1. The Labute approximate surface area is 260 Å². The molecular formula is C33H37N9O3. The minimum Gasteiger partial charge on any atom is -0.375 e. The van der Waals surface area contributed by atoms with Gasteiger partial charge in [-0.3, -0.25) is 19.7 Å². The maximum absolute atomic E-state index is 14.4. The van der Waals surface area contributed by atoms with E-state index in [1.807, 2.05) is 40.3 Å². The van der Waals surface area contributed by atoms with E-state index in [0.717, 1.165) is 77.7 Å². The number of H-pyrrole nitrogens is 1. The lowest BCUT2D eigenvalue weighted by atomic mass is 9.92. The fraction of sp³-hybridized carbons (Fsp3) is 0.394. The van der Waals surface area contributed by atoms with E-state index in [-0.39, 0.29) is 23.8 Å². The number of nitrogens with zero attached hydrogens (tertiary/aromatic N) is 7. The molecule has 0 amide bonds. The standard InChI is InChI=1S/C33H37N9O3/c1-3-6-30-29(18-22-9-11-23(12-10-22)27-7-4-5-8-28(27)31-36-39-40-37-31)32(43)41(33-34-20-35-42(30)33)24-13-15-25(16-14-24)44-19-26-17-21(2)38-45-26/h4-5,7-12,17,20,24-26,38H,3,6,13-16,18-19H2,1-2H3,(H,36,37,39,40). The molecule has 232 valence electrons. The number of ether oxygens (including phenoxy) is 1. The Morgan fingerprint density at radius 1 is 1.04 bits per heavy atom. The van der Waals surface area contributed by atoms with Crippen LogP contribution < -0.4 is 11.0 Å². The molecule has 1 saturated carbocycles. The number of hydrogen-bond acceptors (Lipinski definition) is 9. The summed E-state index contributed by atoms with van der Waals surface area (Å²) in [5.74, 6) is 1.17. The van der Waals surface area contributed by atoms with Crippen LogP contribution in [0.1, 0.15) is 68.8 Å². The van der Waals surface area contributed by atoms with Gasteiger partial charge < -0.3 is 4.74 Å². The second-order valence-electron chi connectivity index (χ2n) is 11.8. The summed E-state index contributed by atoms with van der Waals surface area (Å²) in [5, 5.41) is 19.2. The monoisotopic (exact) mass is 607 g/mol. The maximum Gasteiger partial charge on any atom is 0.259 e. The highest BCUT2D eigenvalue weighted by molar-refractivity contribution is 5.80. The largest absolute Gasteiger partial charge is 0.375 e. The van der Waals surface area contributed by atoms with Crippen LogP contribution in [0.25, 0.3) is 28.3 Å². The van der Waals surface area contributed by atoms with Gasteiger partial charge in [-0.05, 0) is 67.0 Å². The predicted octanol–water partition coefficient (Wildman–Crippen LogP) is 4.59. The van der Waals surface area contributed by atoms with Crippen molar-refractivity contribution in [2.75, 3.05) is 6.61 Å². The number of allylic oxidation sites excluding steroid dienone is 1. The first kappa shape index (κ1) is 29.1. The number of fused-ring (bicyclic) bond motifs is 1. The summed E-state index contributed by atoms with van der Waals surface area (Å²) in [4.78, 5) is 24.4. The maximum atomic E-state index is 14.4. The van der Waals surface area contributed by atoms with E-state index in [9.17, 15) is 4.79 Å². The van der Waals surface area contributed by atoms with Gasteiger partial charge in [-0.1, -0.05) is 61.9 Å². The van der Waals surface area contributed by atoms with Crippen molar-refractivity contribution >= 4 is 5.78 Å². The molecule has 2 aliphatic rings. The topological polar surface area (TPSA) is 137 Å². The fourth-order valence-electron chi connectivity index (χ4n) is 6.59. The number of aromatic nitrogens is 8. The smallest absolute Gasteiger partial charge is 0.259 e. The van der Waals surface area contributed by atoms with Crippen LogP contribution in [0.4, 0.5) is 0 Å². The zero-order valence-electron chi connectivity index (χ0n) is 25.5. The molecule has 1 atom stereocenters. The Balaban J connectivity index is 1.14. The van der Waals surface area contributed by atoms with Crippen LogP contribution in [0.5, 0.6) is 0 Å². The van der Waals surface area contributed by atoms with Crippen LogP contribution in [0.3, 0.4) is 0 Å². The lowest BCUT2D eigenvalue weighted by Gasteiger charge is -2.31. The quantitative estimate of drug-likeness (QED) is 0.234. The number of hydrogen-bond donors (Lipinski definition) is 2. The van der Waals surface area contributed by atoms with Crippen LogP contribution in [0, 0.1) is 0 Å². The highest BCUT2D eigenvalue weighted by Gasteiger charge is 2.29. The van der Waals surface area contributed by atoms with Crippen molar-refractivity contribution in [1.29, 1.82) is 0 Å². The number of nitrogens with one attached hydrogen (secondary N) is 2. The summed E-state index contributed by atoms with van der Waals surface area (Å²) in [6, 6.07) is 16.4. The van der Waals surface area contributed by atoms with E-state index in [2.05, 4.69) is 73.4 Å². The molecule has 1 fully saturated rings. The normalized spacial score (nSPS) is 20.0. The van der Waals surface area contributed by atoms with Gasteiger partial charge in [0.05, 0.1) is 18.4 Å². The summed E-state index contributed by atoms with van der Waals surface area (Å²) in [5.41, 5.74) is 9.64. The lowest BCUT2D eigenvalue weighted by molar-refractivity contribution is -0.0522. The average molecular weight is 608 g/mol. The molecule has 0 bridgehead atoms. The summed E-state index contributed by atoms with van der Waals surface area (Å²) < 4.78 is 9.96. The second-order valence-corrected chi connectivity index (χ2v) is 11.8. The van der Waals surface area contributed by atoms with Crippen molar-refractivity contribution in [3.63, 3.8) is 0 Å². The molecule has 2 aromatic carbocycles. The van der Waals surface area contributed by atoms with Gasteiger partial charge in [-0.25, -0.2) is 4.52 Å². The van der Waals surface area contributed by atoms with E-state index in [0.29, 0.717) is 24.6 Å². The molecule has 0 saturated heterocycles.